The number of piperidine rings is 1. The summed E-state index contributed by atoms with van der Waals surface area (Å²) < 4.78 is 47.3. The molecule has 0 unspecified atom stereocenters. The number of benzene rings is 1. The summed E-state index contributed by atoms with van der Waals surface area (Å²) in [5.41, 5.74) is -0.640. The van der Waals surface area contributed by atoms with Crippen LogP contribution in [0.25, 0.3) is 10.8 Å². The molecule has 2 aromatic rings. The van der Waals surface area contributed by atoms with E-state index < -0.39 is 27.5 Å². The van der Waals surface area contributed by atoms with E-state index in [2.05, 4.69) is 10.3 Å². The summed E-state index contributed by atoms with van der Waals surface area (Å²) in [5.74, 6) is -0.683. The number of nitrogens with one attached hydrogen (secondary N) is 1. The van der Waals surface area contributed by atoms with Crippen LogP contribution in [0.2, 0.25) is 0 Å². The van der Waals surface area contributed by atoms with Crippen molar-refractivity contribution in [2.24, 2.45) is 0 Å². The number of pyridine rings is 1. The van der Waals surface area contributed by atoms with E-state index in [0.29, 0.717) is 24.8 Å². The third-order valence-corrected chi connectivity index (χ3v) is 6.33. The van der Waals surface area contributed by atoms with Crippen LogP contribution in [0.1, 0.15) is 33.6 Å². The second-order valence-electron chi connectivity index (χ2n) is 7.82. The van der Waals surface area contributed by atoms with E-state index in [-0.39, 0.29) is 22.9 Å². The van der Waals surface area contributed by atoms with Crippen LogP contribution in [0.3, 0.4) is 0 Å². The topological polar surface area (TPSA) is 88.6 Å². The first-order valence-electron chi connectivity index (χ1n) is 9.10. The van der Waals surface area contributed by atoms with Gasteiger partial charge in [0.15, 0.2) is 5.82 Å². The minimum Gasteiger partial charge on any atom is -0.444 e. The quantitative estimate of drug-likeness (QED) is 0.842. The smallest absolute Gasteiger partial charge is 0.407 e. The molecule has 1 atom stereocenters. The lowest BCUT2D eigenvalue weighted by Gasteiger charge is -2.33. The van der Waals surface area contributed by atoms with E-state index in [1.54, 1.807) is 32.9 Å². The summed E-state index contributed by atoms with van der Waals surface area (Å²) >= 11 is 0. The van der Waals surface area contributed by atoms with Gasteiger partial charge in [0.2, 0.25) is 10.0 Å². The molecule has 1 aromatic heterocycles. The Labute approximate surface area is 163 Å². The molecule has 1 fully saturated rings. The van der Waals surface area contributed by atoms with Gasteiger partial charge in [-0.15, -0.1) is 0 Å². The summed E-state index contributed by atoms with van der Waals surface area (Å²) in [6.45, 7) is 5.68. The molecule has 0 spiro atoms. The van der Waals surface area contributed by atoms with Gasteiger partial charge in [-0.2, -0.15) is 4.31 Å². The Bertz CT molecular complexity index is 983. The molecule has 1 aliphatic rings. The molecule has 1 amide bonds. The predicted octanol–water partition coefficient (Wildman–Crippen LogP) is 3.05. The van der Waals surface area contributed by atoms with Gasteiger partial charge in [-0.1, -0.05) is 12.1 Å². The number of amides is 1. The van der Waals surface area contributed by atoms with Crippen molar-refractivity contribution >= 4 is 26.9 Å². The molecule has 0 radical (unpaired) electrons. The maximum absolute atomic E-state index is 14.3. The van der Waals surface area contributed by atoms with Crippen molar-refractivity contribution in [3.8, 4) is 0 Å². The Morgan fingerprint density at radius 3 is 2.79 bits per heavy atom. The van der Waals surface area contributed by atoms with Gasteiger partial charge in [0.1, 0.15) is 5.60 Å². The van der Waals surface area contributed by atoms with E-state index in [1.807, 2.05) is 0 Å². The molecule has 9 heteroatoms. The zero-order valence-corrected chi connectivity index (χ0v) is 16.9. The van der Waals surface area contributed by atoms with Gasteiger partial charge in [0.25, 0.3) is 0 Å². The molecular formula is C19H24FN3O4S. The van der Waals surface area contributed by atoms with Crippen LogP contribution in [0.4, 0.5) is 9.18 Å². The molecule has 0 saturated carbocycles. The second kappa shape index (κ2) is 7.63. The lowest BCUT2D eigenvalue weighted by molar-refractivity contribution is 0.0487. The van der Waals surface area contributed by atoms with E-state index in [4.69, 9.17) is 4.74 Å². The molecule has 0 bridgehead atoms. The fourth-order valence-electron chi connectivity index (χ4n) is 3.27. The molecule has 1 N–H and O–H groups in total. The Balaban J connectivity index is 1.84. The summed E-state index contributed by atoms with van der Waals surface area (Å²) in [5, 5.41) is 3.17. The van der Waals surface area contributed by atoms with E-state index in [1.165, 1.54) is 16.6 Å². The standard InChI is InChI=1S/C19H24FN3O4S/c1-19(2,3)27-18(24)22-14-7-5-9-23(12-14)28(25,26)16-8-4-6-13-10-21-11-15(20)17(13)16/h4,6,8,10-11,14H,5,7,9,12H2,1-3H3,(H,22,24)/t14-/m0/s1. The number of aromatic nitrogens is 1. The van der Waals surface area contributed by atoms with E-state index in [9.17, 15) is 17.6 Å². The number of alkyl carbamates (subject to hydrolysis) is 1. The minimum absolute atomic E-state index is 0.0275. The summed E-state index contributed by atoms with van der Waals surface area (Å²) in [6, 6.07) is 4.20. The molecule has 1 aliphatic heterocycles. The first-order valence-corrected chi connectivity index (χ1v) is 10.5. The average Bonchev–Trinajstić information content (AvgIpc) is 2.60. The first kappa shape index (κ1) is 20.5. The van der Waals surface area contributed by atoms with Crippen molar-refractivity contribution < 1.29 is 22.3 Å². The van der Waals surface area contributed by atoms with Gasteiger partial charge < -0.3 is 10.1 Å². The lowest BCUT2D eigenvalue weighted by Crippen LogP contribution is -2.50. The average molecular weight is 409 g/mol. The van der Waals surface area contributed by atoms with Crippen molar-refractivity contribution in [3.63, 3.8) is 0 Å². The Kier molecular flexibility index (Phi) is 5.58. The van der Waals surface area contributed by atoms with Crippen LogP contribution in [0, 0.1) is 5.82 Å². The maximum Gasteiger partial charge on any atom is 0.407 e. The van der Waals surface area contributed by atoms with Crippen LogP contribution in [-0.2, 0) is 14.8 Å². The maximum atomic E-state index is 14.3. The summed E-state index contributed by atoms with van der Waals surface area (Å²) in [6.07, 6.45) is 3.07. The number of ether oxygens (including phenoxy) is 1. The molecule has 0 aliphatic carbocycles. The highest BCUT2D eigenvalue weighted by atomic mass is 32.2. The monoisotopic (exact) mass is 409 g/mol. The zero-order valence-electron chi connectivity index (χ0n) is 16.1. The lowest BCUT2D eigenvalue weighted by atomic mass is 10.1. The predicted molar refractivity (Wildman–Crippen MR) is 103 cm³/mol. The second-order valence-corrected chi connectivity index (χ2v) is 9.73. The van der Waals surface area contributed by atoms with Gasteiger partial charge in [-0.05, 0) is 39.7 Å². The van der Waals surface area contributed by atoms with Gasteiger partial charge in [0.05, 0.1) is 11.1 Å². The Hall–Kier alpha value is -2.26. The van der Waals surface area contributed by atoms with Crippen molar-refractivity contribution in [2.45, 2.75) is 50.2 Å². The van der Waals surface area contributed by atoms with Crippen molar-refractivity contribution in [2.75, 3.05) is 13.1 Å². The number of fused-ring (bicyclic) bond motifs is 1. The number of hydrogen-bond donors (Lipinski definition) is 1. The molecule has 152 valence electrons. The third kappa shape index (κ3) is 4.41. The highest BCUT2D eigenvalue weighted by molar-refractivity contribution is 7.89. The van der Waals surface area contributed by atoms with Crippen molar-refractivity contribution in [1.29, 1.82) is 0 Å². The number of carbonyl (C=O) groups is 1. The van der Waals surface area contributed by atoms with Gasteiger partial charge in [0, 0.05) is 36.1 Å². The molecule has 1 saturated heterocycles. The number of hydrogen-bond acceptors (Lipinski definition) is 5. The third-order valence-electron chi connectivity index (χ3n) is 4.42. The molecule has 7 nitrogen and oxygen atoms in total. The number of nitrogens with zero attached hydrogens (tertiary/aromatic N) is 2. The first-order chi connectivity index (χ1) is 13.1. The number of carbonyl (C=O) groups excluding carboxylic acids is 1. The molecule has 1 aromatic carbocycles. The highest BCUT2D eigenvalue weighted by Crippen LogP contribution is 2.29. The Morgan fingerprint density at radius 1 is 1.32 bits per heavy atom. The number of halogens is 1. The van der Waals surface area contributed by atoms with Gasteiger partial charge in [-0.3, -0.25) is 4.98 Å². The minimum atomic E-state index is -3.94. The van der Waals surface area contributed by atoms with Crippen LogP contribution in [0.15, 0.2) is 35.5 Å². The van der Waals surface area contributed by atoms with Gasteiger partial charge >= 0.3 is 6.09 Å². The fourth-order valence-corrected chi connectivity index (χ4v) is 5.01. The van der Waals surface area contributed by atoms with Gasteiger partial charge in [-0.25, -0.2) is 17.6 Å². The summed E-state index contributed by atoms with van der Waals surface area (Å²) in [4.78, 5) is 15.7. The number of sulfonamides is 1. The largest absolute Gasteiger partial charge is 0.444 e. The summed E-state index contributed by atoms with van der Waals surface area (Å²) in [7, 11) is -3.94. The van der Waals surface area contributed by atoms with Crippen LogP contribution in [0.5, 0.6) is 0 Å². The van der Waals surface area contributed by atoms with Crippen molar-refractivity contribution in [3.05, 3.63) is 36.4 Å². The van der Waals surface area contributed by atoms with Crippen molar-refractivity contribution in [1.82, 2.24) is 14.6 Å². The SMILES string of the molecule is CC(C)(C)OC(=O)N[C@H]1CCCN(S(=O)(=O)c2cccc3cncc(F)c23)C1. The molecule has 28 heavy (non-hydrogen) atoms. The van der Waals surface area contributed by atoms with Crippen LogP contribution < -0.4 is 5.32 Å². The van der Waals surface area contributed by atoms with E-state index >= 15 is 0 Å². The van der Waals surface area contributed by atoms with E-state index in [0.717, 1.165) is 6.20 Å². The Morgan fingerprint density at radius 2 is 2.07 bits per heavy atom. The van der Waals surface area contributed by atoms with Crippen LogP contribution in [-0.4, -0.2) is 48.5 Å². The van der Waals surface area contributed by atoms with Crippen LogP contribution >= 0.6 is 0 Å². The zero-order chi connectivity index (χ0) is 20.5. The molecular weight excluding hydrogens is 385 g/mol. The fraction of sp³-hybridized carbons (Fsp3) is 0.474. The normalized spacial score (nSPS) is 18.8. The molecule has 2 heterocycles. The number of rotatable bonds is 3. The molecule has 3 rings (SSSR count). The highest BCUT2D eigenvalue weighted by Gasteiger charge is 2.33.